The largest absolute Gasteiger partial charge is 0.480 e. The fraction of sp³-hybridized carbons (Fsp3) is 0.355. The molecule has 5 aromatic rings. The number of methoxy groups -OCH3 is 1. The van der Waals surface area contributed by atoms with Gasteiger partial charge >= 0.3 is 12.0 Å². The molecule has 1 unspecified atom stereocenters. The third-order valence-electron chi connectivity index (χ3n) is 8.01. The Morgan fingerprint density at radius 3 is 2.08 bits per heavy atom. The lowest BCUT2D eigenvalue weighted by molar-refractivity contribution is 0.265. The molecule has 0 amide bonds. The van der Waals surface area contributed by atoms with Gasteiger partial charge in [0.1, 0.15) is 23.1 Å². The highest BCUT2D eigenvalue weighted by Crippen LogP contribution is 2.44. The molecule has 1 aliphatic carbocycles. The molecule has 17 heteroatoms. The van der Waals surface area contributed by atoms with Gasteiger partial charge in [0, 0.05) is 59.9 Å². The van der Waals surface area contributed by atoms with Gasteiger partial charge in [0.25, 0.3) is 0 Å². The summed E-state index contributed by atoms with van der Waals surface area (Å²) in [7, 11) is 1.57. The molecule has 2 fully saturated rings. The molecule has 252 valence electrons. The van der Waals surface area contributed by atoms with E-state index in [0.29, 0.717) is 40.6 Å². The predicted octanol–water partition coefficient (Wildman–Crippen LogP) is 7.07. The molecule has 0 radical (unpaired) electrons. The van der Waals surface area contributed by atoms with Crippen molar-refractivity contribution in [3.05, 3.63) is 80.9 Å². The molecule has 0 N–H and O–H groups in total. The lowest BCUT2D eigenvalue weighted by Crippen LogP contribution is -2.42. The summed E-state index contributed by atoms with van der Waals surface area (Å²) in [5.41, 5.74) is 0.977. The number of aromatic nitrogens is 8. The monoisotopic (exact) mass is 769 g/mol. The first kappa shape index (κ1) is 26.8. The minimum atomic E-state index is -2.58. The summed E-state index contributed by atoms with van der Waals surface area (Å²) in [6, 6.07) is 8.84. The molecular formula is C31H30BrCl2F2N9O3. The van der Waals surface area contributed by atoms with Gasteiger partial charge in [0.05, 0.1) is 29.0 Å². The Labute approximate surface area is 301 Å². The molecule has 0 spiro atoms. The van der Waals surface area contributed by atoms with Crippen LogP contribution in [0.2, 0.25) is 10.0 Å². The van der Waals surface area contributed by atoms with Gasteiger partial charge in [0.2, 0.25) is 10.6 Å². The van der Waals surface area contributed by atoms with Gasteiger partial charge in [-0.2, -0.15) is 20.2 Å². The van der Waals surface area contributed by atoms with E-state index in [1.54, 1.807) is 13.3 Å². The Morgan fingerprint density at radius 1 is 0.896 bits per heavy atom. The summed E-state index contributed by atoms with van der Waals surface area (Å²) in [6.07, 6.45) is 4.45. The molecule has 1 aliphatic heterocycles. The first-order chi connectivity index (χ1) is 25.5. The van der Waals surface area contributed by atoms with Crippen molar-refractivity contribution in [2.75, 3.05) is 25.1 Å². The number of nitrogens with zero attached hydrogens (tertiary/aromatic N) is 9. The zero-order valence-corrected chi connectivity index (χ0v) is 28.1. The van der Waals surface area contributed by atoms with Gasteiger partial charge in [0.15, 0.2) is 5.82 Å². The molecule has 4 heterocycles. The van der Waals surface area contributed by atoms with Crippen molar-refractivity contribution >= 4 is 44.8 Å². The molecule has 7 rings (SSSR count). The number of halogens is 5. The van der Waals surface area contributed by atoms with Gasteiger partial charge in [-0.25, -0.2) is 18.1 Å². The number of ether oxygens (including phenoxy) is 3. The minimum absolute atomic E-state index is 0.0619. The average Bonchev–Trinajstić information content (AvgIpc) is 3.76. The Bertz CT molecular complexity index is 2110. The van der Waals surface area contributed by atoms with Crippen LogP contribution in [0.3, 0.4) is 0 Å². The van der Waals surface area contributed by atoms with Crippen molar-refractivity contribution < 1.29 is 31.2 Å². The molecule has 3 atom stereocenters. The summed E-state index contributed by atoms with van der Waals surface area (Å²) in [5, 5.41) is 15.6. The van der Waals surface area contributed by atoms with Crippen LogP contribution in [0, 0.1) is 29.4 Å². The number of aryl methyl sites for hydroxylation is 2. The van der Waals surface area contributed by atoms with E-state index >= 15 is 0 Å². The third-order valence-corrected chi connectivity index (χ3v) is 8.93. The normalized spacial score (nSPS) is 20.7. The third kappa shape index (κ3) is 7.79. The van der Waals surface area contributed by atoms with E-state index in [1.165, 1.54) is 24.3 Å². The predicted molar refractivity (Wildman–Crippen MR) is 177 cm³/mol. The number of piperidine rings is 1. The van der Waals surface area contributed by atoms with E-state index in [4.69, 9.17) is 45.6 Å². The van der Waals surface area contributed by atoms with Gasteiger partial charge in [-0.05, 0) is 70.8 Å². The maximum Gasteiger partial charge on any atom is 0.321 e. The number of fused-ring (bicyclic) bond motifs is 2. The van der Waals surface area contributed by atoms with E-state index in [-0.39, 0.29) is 38.3 Å². The molecule has 1 saturated heterocycles. The van der Waals surface area contributed by atoms with Crippen LogP contribution in [0.1, 0.15) is 26.9 Å². The Morgan fingerprint density at radius 2 is 1.50 bits per heavy atom. The molecule has 48 heavy (non-hydrogen) atoms. The number of rotatable bonds is 8. The van der Waals surface area contributed by atoms with Crippen LogP contribution in [0.25, 0.3) is 0 Å². The maximum absolute atomic E-state index is 13.5. The summed E-state index contributed by atoms with van der Waals surface area (Å²) in [4.78, 5) is 10.5. The highest BCUT2D eigenvalue weighted by atomic mass is 79.9. The fourth-order valence-corrected chi connectivity index (χ4v) is 6.47. The van der Waals surface area contributed by atoms with Gasteiger partial charge < -0.3 is 19.1 Å². The van der Waals surface area contributed by atoms with Crippen molar-refractivity contribution in [2.45, 2.75) is 19.3 Å². The van der Waals surface area contributed by atoms with Crippen LogP contribution in [0.5, 0.6) is 29.4 Å². The van der Waals surface area contributed by atoms with Crippen molar-refractivity contribution in [2.24, 2.45) is 31.7 Å². The summed E-state index contributed by atoms with van der Waals surface area (Å²) >= 11 is 14.4. The number of benzene rings is 2. The lowest BCUT2D eigenvalue weighted by atomic mass is 9.82. The quantitative estimate of drug-likeness (QED) is 0.162. The molecule has 1 saturated carbocycles. The molecule has 2 aromatic carbocycles. The van der Waals surface area contributed by atoms with Crippen molar-refractivity contribution in [3.63, 3.8) is 0 Å². The maximum atomic E-state index is 13.5. The molecule has 3 aromatic heterocycles. The highest BCUT2D eigenvalue weighted by molar-refractivity contribution is 9.10. The number of hydrogen-bond acceptors (Lipinski definition) is 10. The number of hydrogen-bond donors (Lipinski definition) is 0. The van der Waals surface area contributed by atoms with Crippen LogP contribution >= 0.6 is 39.1 Å². The fourth-order valence-electron chi connectivity index (χ4n) is 5.82. The first-order valence-electron chi connectivity index (χ1n) is 17.5. The zero-order chi connectivity index (χ0) is 38.9. The van der Waals surface area contributed by atoms with Crippen LogP contribution in [-0.2, 0) is 20.4 Å². The Hall–Kier alpha value is -4.08. The lowest BCUT2D eigenvalue weighted by Gasteiger charge is -2.38. The summed E-state index contributed by atoms with van der Waals surface area (Å²) < 4.78 is 89.4. The topological polar surface area (TPSA) is 118 Å². The second kappa shape index (κ2) is 14.6. The summed E-state index contributed by atoms with van der Waals surface area (Å²) in [5.74, 6) is 1.15. The number of anilines is 1. The molecule has 2 aliphatic rings. The first-order valence-corrected chi connectivity index (χ1v) is 16.0. The van der Waals surface area contributed by atoms with E-state index in [2.05, 4.69) is 51.2 Å². The second-order valence-corrected chi connectivity index (χ2v) is 12.5. The highest BCUT2D eigenvalue weighted by Gasteiger charge is 2.42. The van der Waals surface area contributed by atoms with Crippen LogP contribution in [0.4, 0.5) is 14.5 Å². The molecular weight excluding hydrogens is 735 g/mol. The van der Waals surface area contributed by atoms with E-state index < -0.39 is 25.6 Å². The molecule has 2 bridgehead atoms. The smallest absolute Gasteiger partial charge is 0.321 e. The summed E-state index contributed by atoms with van der Waals surface area (Å²) in [6.45, 7) is -3.42. The van der Waals surface area contributed by atoms with Gasteiger partial charge in [-0.15, -0.1) is 10.2 Å². The molecule has 12 nitrogen and oxygen atoms in total. The second-order valence-electron chi connectivity index (χ2n) is 11.0. The standard InChI is InChI=1S/C22H24ClFN6O2.C9H6BrClFN3O/c1-29-22(32-16-5-6-19(24)18(23)8-16)26-20(28-29)9-17-13-3-4-14(17)12-30(11-13)15-7-21(31-2)27-25-10-15;1-15-9(13-8(10)14-15)16-5-2-3-7(12)6(11)4-5/h5-8,10,13-14,17H,3-4,9,11-12H2,1-2H3;2-4H,1H3/t13-,14+,17?;/i2*1D3. The van der Waals surface area contributed by atoms with Crippen LogP contribution in [0.15, 0.2) is 53.4 Å². The van der Waals surface area contributed by atoms with Crippen molar-refractivity contribution in [3.8, 4) is 29.4 Å². The Balaban J connectivity index is 0.000000221. The Kier molecular flexibility index (Phi) is 8.15. The minimum Gasteiger partial charge on any atom is -0.480 e. The van der Waals surface area contributed by atoms with Gasteiger partial charge in [-0.1, -0.05) is 23.2 Å². The average molecular weight is 771 g/mol. The van der Waals surface area contributed by atoms with E-state index in [0.717, 1.165) is 48.4 Å². The van der Waals surface area contributed by atoms with Crippen LogP contribution in [-0.4, -0.2) is 59.9 Å². The van der Waals surface area contributed by atoms with Crippen molar-refractivity contribution in [1.29, 1.82) is 0 Å². The van der Waals surface area contributed by atoms with Crippen molar-refractivity contribution in [1.82, 2.24) is 39.7 Å². The van der Waals surface area contributed by atoms with Gasteiger partial charge in [-0.3, -0.25) is 0 Å². The van der Waals surface area contributed by atoms with E-state index in [9.17, 15) is 8.78 Å². The SMILES string of the molecule is [2H]C([2H])([2H])n1nc(Br)nc1Oc1ccc(F)c(Cl)c1.[2H]C([2H])([2H])n1nc(CC2[C@@H]3CC[C@H]2CN(c2cnnc(OC)c2)C3)nc1Oc1ccc(F)c(Cl)c1. The van der Waals surface area contributed by atoms with Crippen LogP contribution < -0.4 is 19.1 Å². The van der Waals surface area contributed by atoms with E-state index in [1.807, 2.05) is 6.07 Å². The zero-order valence-electron chi connectivity index (χ0n) is 31.0.